The predicted octanol–water partition coefficient (Wildman–Crippen LogP) is 0.107. The zero-order valence-corrected chi connectivity index (χ0v) is 11.3. The van der Waals surface area contributed by atoms with Crippen LogP contribution in [0.5, 0.6) is 0 Å². The maximum atomic E-state index is 12.3. The normalized spacial score (nSPS) is 21.4. The van der Waals surface area contributed by atoms with Crippen LogP contribution in [0.15, 0.2) is 30.6 Å². The maximum absolute atomic E-state index is 12.3. The number of carbonyl (C=O) groups is 1. The van der Waals surface area contributed by atoms with E-state index in [1.165, 1.54) is 11.0 Å². The van der Waals surface area contributed by atoms with Crippen molar-refractivity contribution in [3.63, 3.8) is 0 Å². The molecule has 1 fully saturated rings. The van der Waals surface area contributed by atoms with Gasteiger partial charge in [-0.25, -0.2) is 0 Å². The topological polar surface area (TPSA) is 108 Å². The summed E-state index contributed by atoms with van der Waals surface area (Å²) < 4.78 is 7.08. The molecule has 1 aliphatic rings. The Morgan fingerprint density at radius 3 is 3.00 bits per heavy atom. The first-order valence-electron chi connectivity index (χ1n) is 6.76. The number of aromatic nitrogens is 4. The fraction of sp³-hybridized carbons (Fsp3) is 0.385. The minimum atomic E-state index is -0.458. The van der Waals surface area contributed by atoms with Gasteiger partial charge in [0.05, 0.1) is 17.5 Å². The van der Waals surface area contributed by atoms with Crippen molar-refractivity contribution in [1.82, 2.24) is 20.2 Å². The second-order valence-corrected chi connectivity index (χ2v) is 4.82. The molecule has 0 bridgehead atoms. The SMILES string of the molecule is NCC1CCC(C(=O)Nc2ccccc2-n2cnnn2)O1. The Morgan fingerprint density at radius 1 is 1.43 bits per heavy atom. The van der Waals surface area contributed by atoms with Gasteiger partial charge in [-0.3, -0.25) is 4.79 Å². The number of hydrogen-bond acceptors (Lipinski definition) is 6. The van der Waals surface area contributed by atoms with E-state index in [9.17, 15) is 4.79 Å². The summed E-state index contributed by atoms with van der Waals surface area (Å²) in [6.45, 7) is 0.436. The van der Waals surface area contributed by atoms with Crippen molar-refractivity contribution in [3.8, 4) is 5.69 Å². The molecule has 2 atom stereocenters. The zero-order valence-electron chi connectivity index (χ0n) is 11.3. The second-order valence-electron chi connectivity index (χ2n) is 4.82. The largest absolute Gasteiger partial charge is 0.364 e. The maximum Gasteiger partial charge on any atom is 0.253 e. The predicted molar refractivity (Wildman–Crippen MR) is 74.7 cm³/mol. The number of nitrogens with one attached hydrogen (secondary N) is 1. The van der Waals surface area contributed by atoms with Crippen LogP contribution in [0.3, 0.4) is 0 Å². The van der Waals surface area contributed by atoms with Crippen molar-refractivity contribution in [2.75, 3.05) is 11.9 Å². The molecule has 1 saturated heterocycles. The van der Waals surface area contributed by atoms with Crippen LogP contribution in [0.1, 0.15) is 12.8 Å². The van der Waals surface area contributed by atoms with Gasteiger partial charge in [-0.2, -0.15) is 4.68 Å². The summed E-state index contributed by atoms with van der Waals surface area (Å²) in [6, 6.07) is 7.30. The molecule has 3 rings (SSSR count). The van der Waals surface area contributed by atoms with Crippen molar-refractivity contribution >= 4 is 11.6 Å². The summed E-state index contributed by atoms with van der Waals surface area (Å²) >= 11 is 0. The minimum absolute atomic E-state index is 0.0319. The van der Waals surface area contributed by atoms with Gasteiger partial charge in [0.25, 0.3) is 5.91 Å². The van der Waals surface area contributed by atoms with Crippen molar-refractivity contribution in [3.05, 3.63) is 30.6 Å². The first-order valence-corrected chi connectivity index (χ1v) is 6.76. The minimum Gasteiger partial charge on any atom is -0.364 e. The average Bonchev–Trinajstić information content (AvgIpc) is 3.19. The highest BCUT2D eigenvalue weighted by Gasteiger charge is 2.30. The van der Waals surface area contributed by atoms with Gasteiger partial charge in [0.15, 0.2) is 0 Å². The molecular formula is C13H16N6O2. The lowest BCUT2D eigenvalue weighted by atomic mass is 10.2. The van der Waals surface area contributed by atoms with Gasteiger partial charge in [-0.15, -0.1) is 5.10 Å². The van der Waals surface area contributed by atoms with Crippen LogP contribution >= 0.6 is 0 Å². The molecule has 2 unspecified atom stereocenters. The molecule has 21 heavy (non-hydrogen) atoms. The van der Waals surface area contributed by atoms with Gasteiger partial charge < -0.3 is 15.8 Å². The molecular weight excluding hydrogens is 272 g/mol. The quantitative estimate of drug-likeness (QED) is 0.826. The third-order valence-electron chi connectivity index (χ3n) is 3.42. The third kappa shape index (κ3) is 2.91. The van der Waals surface area contributed by atoms with E-state index in [0.717, 1.165) is 6.42 Å². The summed E-state index contributed by atoms with van der Waals surface area (Å²) in [5.74, 6) is -0.175. The Morgan fingerprint density at radius 2 is 2.29 bits per heavy atom. The summed E-state index contributed by atoms with van der Waals surface area (Å²) in [5.41, 5.74) is 6.89. The molecule has 1 aromatic carbocycles. The van der Waals surface area contributed by atoms with Crippen LogP contribution in [-0.4, -0.2) is 44.9 Å². The third-order valence-corrected chi connectivity index (χ3v) is 3.42. The van der Waals surface area contributed by atoms with Crippen LogP contribution in [0, 0.1) is 0 Å². The Bertz CT molecular complexity index is 615. The number of carbonyl (C=O) groups excluding carboxylic acids is 1. The molecule has 0 radical (unpaired) electrons. The Kier molecular flexibility index (Phi) is 3.89. The number of nitrogens with two attached hydrogens (primary N) is 1. The Hall–Kier alpha value is -2.32. The van der Waals surface area contributed by atoms with Crippen LogP contribution in [-0.2, 0) is 9.53 Å². The molecule has 8 heteroatoms. The smallest absolute Gasteiger partial charge is 0.253 e. The molecule has 1 amide bonds. The molecule has 2 heterocycles. The number of ether oxygens (including phenoxy) is 1. The van der Waals surface area contributed by atoms with E-state index in [0.29, 0.717) is 24.3 Å². The first kappa shape index (κ1) is 13.7. The number of para-hydroxylation sites is 2. The number of rotatable bonds is 4. The summed E-state index contributed by atoms with van der Waals surface area (Å²) in [6.07, 6.45) is 2.47. The lowest BCUT2D eigenvalue weighted by Gasteiger charge is -2.14. The van der Waals surface area contributed by atoms with Gasteiger partial charge in [-0.05, 0) is 35.4 Å². The number of anilines is 1. The lowest BCUT2D eigenvalue weighted by molar-refractivity contribution is -0.126. The summed E-state index contributed by atoms with van der Waals surface area (Å²) in [5, 5.41) is 13.9. The molecule has 0 aliphatic carbocycles. The van der Waals surface area contributed by atoms with Crippen molar-refractivity contribution < 1.29 is 9.53 Å². The van der Waals surface area contributed by atoms with Crippen molar-refractivity contribution in [2.45, 2.75) is 25.0 Å². The van der Waals surface area contributed by atoms with Gasteiger partial charge in [0.1, 0.15) is 12.4 Å². The fourth-order valence-corrected chi connectivity index (χ4v) is 2.34. The Balaban J connectivity index is 1.75. The van der Waals surface area contributed by atoms with E-state index < -0.39 is 6.10 Å². The number of tetrazole rings is 1. The average molecular weight is 288 g/mol. The second kappa shape index (κ2) is 5.98. The molecule has 2 aromatic rings. The van der Waals surface area contributed by atoms with Crippen LogP contribution in [0.4, 0.5) is 5.69 Å². The monoisotopic (exact) mass is 288 g/mol. The highest BCUT2D eigenvalue weighted by molar-refractivity contribution is 5.96. The summed E-state index contributed by atoms with van der Waals surface area (Å²) in [7, 11) is 0. The van der Waals surface area contributed by atoms with E-state index in [1.807, 2.05) is 18.2 Å². The van der Waals surface area contributed by atoms with E-state index in [2.05, 4.69) is 20.8 Å². The number of nitrogens with zero attached hydrogens (tertiary/aromatic N) is 4. The zero-order chi connectivity index (χ0) is 14.7. The van der Waals surface area contributed by atoms with Crippen LogP contribution < -0.4 is 11.1 Å². The number of amides is 1. The molecule has 3 N–H and O–H groups in total. The van der Waals surface area contributed by atoms with E-state index >= 15 is 0 Å². The molecule has 0 spiro atoms. The van der Waals surface area contributed by atoms with E-state index in [4.69, 9.17) is 10.5 Å². The molecule has 110 valence electrons. The van der Waals surface area contributed by atoms with Gasteiger partial charge in [0, 0.05) is 6.54 Å². The van der Waals surface area contributed by atoms with E-state index in [-0.39, 0.29) is 12.0 Å². The Labute approximate surface area is 121 Å². The van der Waals surface area contributed by atoms with Gasteiger partial charge in [0.2, 0.25) is 0 Å². The lowest BCUT2D eigenvalue weighted by Crippen LogP contribution is -2.30. The first-order chi connectivity index (χ1) is 10.3. The highest BCUT2D eigenvalue weighted by Crippen LogP contribution is 2.23. The van der Waals surface area contributed by atoms with Crippen LogP contribution in [0.25, 0.3) is 5.69 Å². The fourth-order valence-electron chi connectivity index (χ4n) is 2.34. The van der Waals surface area contributed by atoms with Crippen LogP contribution in [0.2, 0.25) is 0 Å². The molecule has 1 aliphatic heterocycles. The van der Waals surface area contributed by atoms with Gasteiger partial charge >= 0.3 is 0 Å². The highest BCUT2D eigenvalue weighted by atomic mass is 16.5. The van der Waals surface area contributed by atoms with Gasteiger partial charge in [-0.1, -0.05) is 12.1 Å². The van der Waals surface area contributed by atoms with E-state index in [1.54, 1.807) is 6.07 Å². The molecule has 1 aromatic heterocycles. The molecule has 8 nitrogen and oxygen atoms in total. The number of benzene rings is 1. The van der Waals surface area contributed by atoms with Crippen molar-refractivity contribution in [2.24, 2.45) is 5.73 Å². The molecule has 0 saturated carbocycles. The standard InChI is InChI=1S/C13H16N6O2/c14-7-9-5-6-12(21-9)13(20)16-10-3-1-2-4-11(10)19-8-15-17-18-19/h1-4,8-9,12H,5-7,14H2,(H,16,20). The van der Waals surface area contributed by atoms with Crippen molar-refractivity contribution in [1.29, 1.82) is 0 Å². The number of hydrogen-bond donors (Lipinski definition) is 2. The summed E-state index contributed by atoms with van der Waals surface area (Å²) in [4.78, 5) is 12.3.